The largest absolute Gasteiger partial charge is 0.496 e. The fourth-order valence-corrected chi connectivity index (χ4v) is 4.14. The molecular formula is C25H22N2O5S. The predicted molar refractivity (Wildman–Crippen MR) is 128 cm³/mol. The van der Waals surface area contributed by atoms with Crippen molar-refractivity contribution in [3.8, 4) is 16.9 Å². The van der Waals surface area contributed by atoms with E-state index in [1.807, 2.05) is 36.4 Å². The number of rotatable bonds is 6. The normalized spacial score (nSPS) is 12.0. The van der Waals surface area contributed by atoms with Crippen molar-refractivity contribution in [2.24, 2.45) is 5.14 Å². The molecule has 0 unspecified atom stereocenters. The lowest BCUT2D eigenvalue weighted by atomic mass is 9.99. The summed E-state index contributed by atoms with van der Waals surface area (Å²) in [6.45, 7) is 1.80. The highest BCUT2D eigenvalue weighted by Gasteiger charge is 2.15. The maximum Gasteiger partial charge on any atom is 0.248 e. The third-order valence-electron chi connectivity index (χ3n) is 5.18. The van der Waals surface area contributed by atoms with Gasteiger partial charge >= 0.3 is 0 Å². The number of methoxy groups -OCH3 is 1. The second-order valence-corrected chi connectivity index (χ2v) is 9.01. The Morgan fingerprint density at radius 3 is 2.52 bits per heavy atom. The van der Waals surface area contributed by atoms with E-state index in [-0.39, 0.29) is 4.90 Å². The van der Waals surface area contributed by atoms with E-state index >= 15 is 0 Å². The Hall–Kier alpha value is -3.88. The highest BCUT2D eigenvalue weighted by Crippen LogP contribution is 2.37. The van der Waals surface area contributed by atoms with Crippen LogP contribution in [0.1, 0.15) is 12.5 Å². The number of fused-ring (bicyclic) bond motifs is 1. The van der Waals surface area contributed by atoms with Gasteiger partial charge in [0.15, 0.2) is 0 Å². The molecule has 33 heavy (non-hydrogen) atoms. The molecule has 0 saturated carbocycles. The first-order valence-corrected chi connectivity index (χ1v) is 11.6. The SMILES string of the molecule is COc1cc2occ(-c3ccccc3)c2cc1/C(C)=C/C(=O)Nc1cccc(S(N)(=O)=O)c1. The number of anilines is 1. The van der Waals surface area contributed by atoms with Gasteiger partial charge in [0.05, 0.1) is 18.3 Å². The van der Waals surface area contributed by atoms with E-state index in [9.17, 15) is 13.2 Å². The number of nitrogens with two attached hydrogens (primary N) is 1. The first-order chi connectivity index (χ1) is 15.8. The highest BCUT2D eigenvalue weighted by atomic mass is 32.2. The molecule has 0 bridgehead atoms. The van der Waals surface area contributed by atoms with E-state index in [0.717, 1.165) is 22.1 Å². The standard InChI is InChI=1S/C25H22N2O5S/c1-16(11-25(28)27-18-9-6-10-19(12-18)33(26,29)30)20-13-21-22(17-7-4-3-5-8-17)15-32-24(21)14-23(20)31-2/h3-15H,1-2H3,(H,27,28)(H2,26,29,30)/b16-11+. The first kappa shape index (κ1) is 22.3. The van der Waals surface area contributed by atoms with Crippen LogP contribution in [0.2, 0.25) is 0 Å². The van der Waals surface area contributed by atoms with Crippen molar-refractivity contribution in [2.75, 3.05) is 12.4 Å². The van der Waals surface area contributed by atoms with Crippen molar-refractivity contribution in [3.05, 3.63) is 84.6 Å². The number of ether oxygens (including phenoxy) is 1. The van der Waals surface area contributed by atoms with Gasteiger partial charge in [-0.1, -0.05) is 36.4 Å². The molecule has 8 heteroatoms. The third-order valence-corrected chi connectivity index (χ3v) is 6.09. The molecule has 7 nitrogen and oxygen atoms in total. The minimum absolute atomic E-state index is 0.0819. The zero-order chi connectivity index (χ0) is 23.6. The smallest absolute Gasteiger partial charge is 0.248 e. The molecule has 0 aliphatic carbocycles. The summed E-state index contributed by atoms with van der Waals surface area (Å²) in [5.74, 6) is 0.144. The van der Waals surface area contributed by atoms with Crippen LogP contribution in [0.25, 0.3) is 27.7 Å². The van der Waals surface area contributed by atoms with Gasteiger partial charge in [-0.2, -0.15) is 0 Å². The molecule has 3 aromatic carbocycles. The number of furan rings is 1. The van der Waals surface area contributed by atoms with Crippen LogP contribution in [0, 0.1) is 0 Å². The zero-order valence-corrected chi connectivity index (χ0v) is 18.8. The second-order valence-electron chi connectivity index (χ2n) is 7.45. The Kier molecular flexibility index (Phi) is 6.04. The Morgan fingerprint density at radius 1 is 1.06 bits per heavy atom. The Labute approximate surface area is 191 Å². The summed E-state index contributed by atoms with van der Waals surface area (Å²) >= 11 is 0. The molecule has 1 aromatic heterocycles. The molecule has 0 spiro atoms. The number of nitrogens with one attached hydrogen (secondary N) is 1. The molecule has 0 aliphatic heterocycles. The van der Waals surface area contributed by atoms with Crippen molar-refractivity contribution < 1.29 is 22.4 Å². The third kappa shape index (κ3) is 4.82. The quantitative estimate of drug-likeness (QED) is 0.400. The van der Waals surface area contributed by atoms with Crippen LogP contribution in [0.3, 0.4) is 0 Å². The Morgan fingerprint density at radius 2 is 1.82 bits per heavy atom. The van der Waals surface area contributed by atoms with Gasteiger partial charge in [0.1, 0.15) is 11.3 Å². The second kappa shape index (κ2) is 8.93. The summed E-state index contributed by atoms with van der Waals surface area (Å²) in [7, 11) is -2.32. The van der Waals surface area contributed by atoms with Crippen LogP contribution >= 0.6 is 0 Å². The molecule has 0 fully saturated rings. The van der Waals surface area contributed by atoms with Crippen LogP contribution in [0.4, 0.5) is 5.69 Å². The number of primary sulfonamides is 1. The maximum atomic E-state index is 12.6. The lowest BCUT2D eigenvalue weighted by Gasteiger charge is -2.10. The van der Waals surface area contributed by atoms with Crippen molar-refractivity contribution >= 4 is 38.2 Å². The predicted octanol–water partition coefficient (Wildman–Crippen LogP) is 4.80. The molecule has 4 rings (SSSR count). The summed E-state index contributed by atoms with van der Waals surface area (Å²) in [6, 6.07) is 19.3. The van der Waals surface area contributed by atoms with Gasteiger partial charge < -0.3 is 14.5 Å². The van der Waals surface area contributed by atoms with Crippen LogP contribution in [0.5, 0.6) is 5.75 Å². The Balaban J connectivity index is 1.68. The van der Waals surface area contributed by atoms with Gasteiger partial charge in [-0.05, 0) is 42.3 Å². The number of benzene rings is 3. The average Bonchev–Trinajstić information content (AvgIpc) is 3.21. The van der Waals surface area contributed by atoms with Crippen LogP contribution in [-0.4, -0.2) is 21.4 Å². The Bertz CT molecular complexity index is 1470. The van der Waals surface area contributed by atoms with E-state index in [1.165, 1.54) is 24.3 Å². The molecule has 3 N–H and O–H groups in total. The zero-order valence-electron chi connectivity index (χ0n) is 18.0. The number of sulfonamides is 1. The van der Waals surface area contributed by atoms with Crippen LogP contribution in [-0.2, 0) is 14.8 Å². The van der Waals surface area contributed by atoms with Crippen molar-refractivity contribution in [3.63, 3.8) is 0 Å². The van der Waals surface area contributed by atoms with E-state index in [1.54, 1.807) is 32.4 Å². The monoisotopic (exact) mass is 462 g/mol. The number of hydrogen-bond acceptors (Lipinski definition) is 5. The minimum Gasteiger partial charge on any atom is -0.496 e. The number of carbonyl (C=O) groups is 1. The molecule has 4 aromatic rings. The van der Waals surface area contributed by atoms with Crippen molar-refractivity contribution in [1.29, 1.82) is 0 Å². The van der Waals surface area contributed by atoms with Gasteiger partial charge in [0.2, 0.25) is 15.9 Å². The number of carbonyl (C=O) groups excluding carboxylic acids is 1. The van der Waals surface area contributed by atoms with Gasteiger partial charge in [-0.25, -0.2) is 13.6 Å². The number of amides is 1. The molecule has 0 atom stereocenters. The highest BCUT2D eigenvalue weighted by molar-refractivity contribution is 7.89. The fraction of sp³-hybridized carbons (Fsp3) is 0.0800. The molecule has 0 saturated heterocycles. The van der Waals surface area contributed by atoms with Gasteiger partial charge in [-0.15, -0.1) is 0 Å². The lowest BCUT2D eigenvalue weighted by Crippen LogP contribution is -2.13. The summed E-state index contributed by atoms with van der Waals surface area (Å²) in [6.07, 6.45) is 3.13. The van der Waals surface area contributed by atoms with Crippen molar-refractivity contribution in [1.82, 2.24) is 0 Å². The van der Waals surface area contributed by atoms with Gasteiger partial charge in [0, 0.05) is 34.3 Å². The van der Waals surface area contributed by atoms with Crippen molar-refractivity contribution in [2.45, 2.75) is 11.8 Å². The number of allylic oxidation sites excluding steroid dienone is 1. The van der Waals surface area contributed by atoms with E-state index in [0.29, 0.717) is 22.6 Å². The fourth-order valence-electron chi connectivity index (χ4n) is 3.58. The molecule has 1 heterocycles. The van der Waals surface area contributed by atoms with E-state index in [4.69, 9.17) is 14.3 Å². The van der Waals surface area contributed by atoms with E-state index < -0.39 is 15.9 Å². The number of hydrogen-bond donors (Lipinski definition) is 2. The van der Waals surface area contributed by atoms with E-state index in [2.05, 4.69) is 5.32 Å². The average molecular weight is 463 g/mol. The maximum absolute atomic E-state index is 12.6. The molecule has 0 aliphatic rings. The lowest BCUT2D eigenvalue weighted by molar-refractivity contribution is -0.111. The molecule has 0 radical (unpaired) electrons. The molecule has 1 amide bonds. The summed E-state index contributed by atoms with van der Waals surface area (Å²) in [5.41, 5.74) is 4.34. The molecular weight excluding hydrogens is 440 g/mol. The summed E-state index contributed by atoms with van der Waals surface area (Å²) in [4.78, 5) is 12.5. The molecule has 168 valence electrons. The van der Waals surface area contributed by atoms with Gasteiger partial charge in [0.25, 0.3) is 0 Å². The summed E-state index contributed by atoms with van der Waals surface area (Å²) in [5, 5.41) is 8.72. The topological polar surface area (TPSA) is 112 Å². The first-order valence-electron chi connectivity index (χ1n) is 10.0. The summed E-state index contributed by atoms with van der Waals surface area (Å²) < 4.78 is 34.4. The van der Waals surface area contributed by atoms with Crippen LogP contribution < -0.4 is 15.2 Å². The van der Waals surface area contributed by atoms with Crippen LogP contribution in [0.15, 0.2) is 88.4 Å². The minimum atomic E-state index is -3.87. The van der Waals surface area contributed by atoms with Gasteiger partial charge in [-0.3, -0.25) is 4.79 Å².